The molecule has 0 bridgehead atoms. The summed E-state index contributed by atoms with van der Waals surface area (Å²) in [5.41, 5.74) is 0.310. The maximum absolute atomic E-state index is 12.9. The van der Waals surface area contributed by atoms with E-state index in [-0.39, 0.29) is 15.5 Å². The molecule has 1 N–H and O–H groups in total. The molecule has 158 valence electrons. The minimum atomic E-state index is -3.75. The topological polar surface area (TPSA) is 86.4 Å². The van der Waals surface area contributed by atoms with Gasteiger partial charge in [-0.25, -0.2) is 13.4 Å². The number of piperazine rings is 1. The number of sulfonamides is 1. The standard InChI is InChI=1S/C19H17Cl3N4O3S/c20-12-2-4-16-14(9-12)19(27)24-18(23-16)11-25-5-7-26(8-6-25)30(28,29)17-10-13(21)1-3-15(17)22/h1-4,9-10H,5-8,11H2,(H,23,24,27). The lowest BCUT2D eigenvalue weighted by Crippen LogP contribution is -2.48. The van der Waals surface area contributed by atoms with Crippen LogP contribution in [0.25, 0.3) is 10.9 Å². The number of H-pyrrole nitrogens is 1. The molecule has 4 rings (SSSR count). The number of nitrogens with zero attached hydrogens (tertiary/aromatic N) is 3. The Labute approximate surface area is 188 Å². The van der Waals surface area contributed by atoms with Crippen molar-refractivity contribution in [3.05, 3.63) is 67.6 Å². The molecule has 1 fully saturated rings. The lowest BCUT2D eigenvalue weighted by Gasteiger charge is -2.33. The molecular formula is C19H17Cl3N4O3S. The highest BCUT2D eigenvalue weighted by atomic mass is 35.5. The van der Waals surface area contributed by atoms with Crippen LogP contribution in [0.4, 0.5) is 0 Å². The lowest BCUT2D eigenvalue weighted by atomic mass is 10.2. The SMILES string of the molecule is O=c1[nH]c(CN2CCN(S(=O)(=O)c3cc(Cl)ccc3Cl)CC2)nc2ccc(Cl)cc12. The van der Waals surface area contributed by atoms with Gasteiger partial charge in [-0.1, -0.05) is 34.8 Å². The van der Waals surface area contributed by atoms with E-state index in [4.69, 9.17) is 34.8 Å². The number of hydrogen-bond donors (Lipinski definition) is 1. The first-order valence-corrected chi connectivity index (χ1v) is 11.7. The highest BCUT2D eigenvalue weighted by Crippen LogP contribution is 2.28. The van der Waals surface area contributed by atoms with Gasteiger partial charge >= 0.3 is 0 Å². The third-order valence-corrected chi connectivity index (χ3v) is 7.78. The first-order chi connectivity index (χ1) is 14.2. The van der Waals surface area contributed by atoms with E-state index in [2.05, 4.69) is 9.97 Å². The van der Waals surface area contributed by atoms with Gasteiger partial charge in [-0.05, 0) is 36.4 Å². The normalized spacial score (nSPS) is 16.2. The number of fused-ring (bicyclic) bond motifs is 1. The molecule has 1 saturated heterocycles. The van der Waals surface area contributed by atoms with E-state index in [9.17, 15) is 13.2 Å². The predicted octanol–water partition coefficient (Wildman–Crippen LogP) is 3.39. The number of aromatic nitrogens is 2. The maximum atomic E-state index is 12.9. The quantitative estimate of drug-likeness (QED) is 0.610. The number of nitrogens with one attached hydrogen (secondary N) is 1. The van der Waals surface area contributed by atoms with Crippen molar-refractivity contribution in [3.8, 4) is 0 Å². The van der Waals surface area contributed by atoms with Crippen molar-refractivity contribution in [1.82, 2.24) is 19.2 Å². The van der Waals surface area contributed by atoms with Crippen LogP contribution in [0.1, 0.15) is 5.82 Å². The summed E-state index contributed by atoms with van der Waals surface area (Å²) in [5, 5.41) is 1.35. The van der Waals surface area contributed by atoms with Gasteiger partial charge in [-0.3, -0.25) is 9.69 Å². The van der Waals surface area contributed by atoms with E-state index in [1.807, 2.05) is 4.90 Å². The summed E-state index contributed by atoms with van der Waals surface area (Å²) in [6.07, 6.45) is 0. The van der Waals surface area contributed by atoms with Gasteiger partial charge in [0.1, 0.15) is 10.7 Å². The molecular weight excluding hydrogens is 471 g/mol. The summed E-state index contributed by atoms with van der Waals surface area (Å²) in [7, 11) is -3.75. The minimum absolute atomic E-state index is 0.00398. The van der Waals surface area contributed by atoms with Crippen molar-refractivity contribution < 1.29 is 8.42 Å². The second-order valence-electron chi connectivity index (χ2n) is 6.93. The van der Waals surface area contributed by atoms with Gasteiger partial charge in [0.2, 0.25) is 10.0 Å². The van der Waals surface area contributed by atoms with Crippen LogP contribution in [0.5, 0.6) is 0 Å². The van der Waals surface area contributed by atoms with E-state index in [1.54, 1.807) is 24.3 Å². The third-order valence-electron chi connectivity index (χ3n) is 4.93. The van der Waals surface area contributed by atoms with E-state index >= 15 is 0 Å². The molecule has 0 atom stereocenters. The zero-order chi connectivity index (χ0) is 21.5. The first kappa shape index (κ1) is 21.5. The number of halogens is 3. The molecule has 0 unspecified atom stereocenters. The van der Waals surface area contributed by atoms with Gasteiger partial charge in [-0.2, -0.15) is 4.31 Å². The van der Waals surface area contributed by atoms with Crippen LogP contribution in [0.2, 0.25) is 15.1 Å². The maximum Gasteiger partial charge on any atom is 0.258 e. The van der Waals surface area contributed by atoms with Crippen molar-refractivity contribution in [3.63, 3.8) is 0 Å². The van der Waals surface area contributed by atoms with Crippen LogP contribution in [-0.2, 0) is 16.6 Å². The molecule has 0 radical (unpaired) electrons. The molecule has 2 heterocycles. The first-order valence-electron chi connectivity index (χ1n) is 9.10. The Morgan fingerprint density at radius 3 is 2.37 bits per heavy atom. The Hall–Kier alpha value is -1.68. The molecule has 0 amide bonds. The second-order valence-corrected chi connectivity index (χ2v) is 10.1. The number of aromatic amines is 1. The van der Waals surface area contributed by atoms with E-state index in [0.29, 0.717) is 59.5 Å². The Morgan fingerprint density at radius 2 is 1.63 bits per heavy atom. The second kappa shape index (κ2) is 8.45. The van der Waals surface area contributed by atoms with Crippen molar-refractivity contribution >= 4 is 55.7 Å². The van der Waals surface area contributed by atoms with Gasteiger partial charge in [0.15, 0.2) is 0 Å². The number of hydrogen-bond acceptors (Lipinski definition) is 5. The fourth-order valence-corrected chi connectivity index (χ4v) is 5.72. The van der Waals surface area contributed by atoms with Crippen LogP contribution in [0, 0.1) is 0 Å². The van der Waals surface area contributed by atoms with Crippen molar-refractivity contribution in [2.45, 2.75) is 11.4 Å². The third kappa shape index (κ3) is 4.34. The van der Waals surface area contributed by atoms with E-state index < -0.39 is 10.0 Å². The summed E-state index contributed by atoms with van der Waals surface area (Å²) in [6, 6.07) is 9.35. The van der Waals surface area contributed by atoms with Crippen molar-refractivity contribution in [2.24, 2.45) is 0 Å². The van der Waals surface area contributed by atoms with Gasteiger partial charge in [0.05, 0.1) is 22.5 Å². The molecule has 7 nitrogen and oxygen atoms in total. The molecule has 0 saturated carbocycles. The minimum Gasteiger partial charge on any atom is -0.309 e. The zero-order valence-corrected chi connectivity index (χ0v) is 18.7. The number of benzene rings is 2. The van der Waals surface area contributed by atoms with Crippen LogP contribution >= 0.6 is 34.8 Å². The number of rotatable bonds is 4. The summed E-state index contributed by atoms with van der Waals surface area (Å²) < 4.78 is 27.3. The molecule has 0 spiro atoms. The predicted molar refractivity (Wildman–Crippen MR) is 118 cm³/mol. The highest BCUT2D eigenvalue weighted by molar-refractivity contribution is 7.89. The molecule has 1 aromatic heterocycles. The van der Waals surface area contributed by atoms with Crippen LogP contribution in [0.3, 0.4) is 0 Å². The molecule has 2 aromatic carbocycles. The Bertz CT molecular complexity index is 1270. The lowest BCUT2D eigenvalue weighted by molar-refractivity contribution is 0.178. The fraction of sp³-hybridized carbons (Fsp3) is 0.263. The average Bonchev–Trinajstić information content (AvgIpc) is 2.71. The van der Waals surface area contributed by atoms with Crippen LogP contribution in [0.15, 0.2) is 46.1 Å². The van der Waals surface area contributed by atoms with Gasteiger partial charge in [0.25, 0.3) is 5.56 Å². The van der Waals surface area contributed by atoms with Gasteiger partial charge in [-0.15, -0.1) is 0 Å². The highest BCUT2D eigenvalue weighted by Gasteiger charge is 2.30. The molecule has 0 aliphatic carbocycles. The summed E-state index contributed by atoms with van der Waals surface area (Å²) in [4.78, 5) is 21.6. The molecule has 3 aromatic rings. The van der Waals surface area contributed by atoms with Crippen molar-refractivity contribution in [2.75, 3.05) is 26.2 Å². The monoisotopic (exact) mass is 486 g/mol. The van der Waals surface area contributed by atoms with Crippen LogP contribution < -0.4 is 5.56 Å². The van der Waals surface area contributed by atoms with Crippen LogP contribution in [-0.4, -0.2) is 53.8 Å². The van der Waals surface area contributed by atoms with Crippen molar-refractivity contribution in [1.29, 1.82) is 0 Å². The van der Waals surface area contributed by atoms with E-state index in [0.717, 1.165) is 0 Å². The van der Waals surface area contributed by atoms with Gasteiger partial charge < -0.3 is 4.98 Å². The van der Waals surface area contributed by atoms with Gasteiger partial charge in [0, 0.05) is 36.2 Å². The zero-order valence-electron chi connectivity index (χ0n) is 15.6. The Kier molecular flexibility index (Phi) is 6.07. The molecule has 1 aliphatic heterocycles. The summed E-state index contributed by atoms with van der Waals surface area (Å²) >= 11 is 18.0. The fourth-order valence-electron chi connectivity index (χ4n) is 3.39. The summed E-state index contributed by atoms with van der Waals surface area (Å²) in [6.45, 7) is 1.95. The largest absolute Gasteiger partial charge is 0.309 e. The Balaban J connectivity index is 1.47. The average molecular weight is 488 g/mol. The summed E-state index contributed by atoms with van der Waals surface area (Å²) in [5.74, 6) is 0.518. The molecule has 11 heteroatoms. The smallest absolute Gasteiger partial charge is 0.258 e. The molecule has 30 heavy (non-hydrogen) atoms. The Morgan fingerprint density at radius 1 is 0.967 bits per heavy atom. The molecule has 1 aliphatic rings. The van der Waals surface area contributed by atoms with E-state index in [1.165, 1.54) is 16.4 Å².